The van der Waals surface area contributed by atoms with E-state index in [0.29, 0.717) is 30.4 Å². The minimum Gasteiger partial charge on any atom is -0.361 e. The molecule has 0 fully saturated rings. The van der Waals surface area contributed by atoms with Gasteiger partial charge in [0.1, 0.15) is 5.69 Å². The number of pyridine rings is 1. The Morgan fingerprint density at radius 2 is 1.97 bits per heavy atom. The molecule has 0 aliphatic rings. The summed E-state index contributed by atoms with van der Waals surface area (Å²) in [6.45, 7) is 3.57. The Morgan fingerprint density at radius 1 is 1.10 bits per heavy atom. The number of nitrogens with zero attached hydrogens (tertiary/aromatic N) is 4. The number of rotatable bonds is 7. The molecule has 0 atom stereocenters. The first-order valence-electron chi connectivity index (χ1n) is 9.98. The SMILES string of the molecule is CN=C(NCCc1noc(-c2ccccn2)n1)NCCc1c[nH]c2cccc(C)c12. The molecule has 4 aromatic rings. The van der Waals surface area contributed by atoms with Crippen LogP contribution in [0.15, 0.2) is 58.3 Å². The van der Waals surface area contributed by atoms with Crippen LogP contribution < -0.4 is 10.6 Å². The largest absolute Gasteiger partial charge is 0.361 e. The van der Waals surface area contributed by atoms with Gasteiger partial charge in [-0.1, -0.05) is 23.4 Å². The number of aryl methyl sites for hydroxylation is 1. The van der Waals surface area contributed by atoms with Crippen LogP contribution in [0, 0.1) is 6.92 Å². The van der Waals surface area contributed by atoms with Gasteiger partial charge >= 0.3 is 0 Å². The van der Waals surface area contributed by atoms with Gasteiger partial charge in [-0.05, 0) is 42.7 Å². The second kappa shape index (κ2) is 9.21. The van der Waals surface area contributed by atoms with E-state index in [9.17, 15) is 0 Å². The number of hydrogen-bond acceptors (Lipinski definition) is 5. The molecule has 0 unspecified atom stereocenters. The highest BCUT2D eigenvalue weighted by Crippen LogP contribution is 2.22. The zero-order valence-corrected chi connectivity index (χ0v) is 17.1. The van der Waals surface area contributed by atoms with Crippen molar-refractivity contribution in [1.29, 1.82) is 0 Å². The summed E-state index contributed by atoms with van der Waals surface area (Å²) in [4.78, 5) is 16.2. The molecule has 0 saturated carbocycles. The monoisotopic (exact) mass is 403 g/mol. The molecule has 3 heterocycles. The van der Waals surface area contributed by atoms with E-state index in [1.807, 2.05) is 18.2 Å². The molecule has 0 bridgehead atoms. The first-order valence-corrected chi connectivity index (χ1v) is 9.98. The second-order valence-corrected chi connectivity index (χ2v) is 6.97. The molecule has 0 amide bonds. The van der Waals surface area contributed by atoms with Crippen molar-refractivity contribution in [2.75, 3.05) is 20.1 Å². The molecule has 4 rings (SSSR count). The van der Waals surface area contributed by atoms with Crippen molar-refractivity contribution in [1.82, 2.24) is 30.7 Å². The van der Waals surface area contributed by atoms with Gasteiger partial charge in [0.15, 0.2) is 11.8 Å². The molecule has 8 nitrogen and oxygen atoms in total. The quantitative estimate of drug-likeness (QED) is 0.324. The Kier molecular flexibility index (Phi) is 6.03. The topological polar surface area (TPSA) is 104 Å². The number of H-pyrrole nitrogens is 1. The molecule has 0 saturated heterocycles. The van der Waals surface area contributed by atoms with Crippen molar-refractivity contribution >= 4 is 16.9 Å². The van der Waals surface area contributed by atoms with Crippen molar-refractivity contribution < 1.29 is 4.52 Å². The summed E-state index contributed by atoms with van der Waals surface area (Å²) < 4.78 is 5.29. The molecule has 0 aliphatic heterocycles. The maximum atomic E-state index is 5.29. The third-order valence-corrected chi connectivity index (χ3v) is 4.90. The number of benzene rings is 1. The lowest BCUT2D eigenvalue weighted by molar-refractivity contribution is 0.421. The lowest BCUT2D eigenvalue weighted by atomic mass is 10.1. The lowest BCUT2D eigenvalue weighted by Crippen LogP contribution is -2.39. The van der Waals surface area contributed by atoms with Crippen molar-refractivity contribution in [3.05, 3.63) is 65.7 Å². The van der Waals surface area contributed by atoms with Gasteiger partial charge < -0.3 is 20.1 Å². The first kappa shape index (κ1) is 19.6. The van der Waals surface area contributed by atoms with Gasteiger partial charge in [-0.25, -0.2) is 0 Å². The van der Waals surface area contributed by atoms with Crippen LogP contribution in [0.3, 0.4) is 0 Å². The van der Waals surface area contributed by atoms with Crippen LogP contribution in [0.4, 0.5) is 0 Å². The number of nitrogens with one attached hydrogen (secondary N) is 3. The summed E-state index contributed by atoms with van der Waals surface area (Å²) >= 11 is 0. The third-order valence-electron chi connectivity index (χ3n) is 4.90. The van der Waals surface area contributed by atoms with Gasteiger partial charge in [0.25, 0.3) is 5.89 Å². The van der Waals surface area contributed by atoms with Gasteiger partial charge in [0, 0.05) is 49.9 Å². The molecule has 0 radical (unpaired) electrons. The first-order chi connectivity index (χ1) is 14.7. The summed E-state index contributed by atoms with van der Waals surface area (Å²) in [5.74, 6) is 1.81. The van der Waals surface area contributed by atoms with Crippen LogP contribution in [-0.4, -0.2) is 46.2 Å². The fourth-order valence-electron chi connectivity index (χ4n) is 3.43. The zero-order valence-electron chi connectivity index (χ0n) is 17.1. The molecule has 0 spiro atoms. The molecular weight excluding hydrogens is 378 g/mol. The number of hydrogen-bond donors (Lipinski definition) is 3. The zero-order chi connectivity index (χ0) is 20.8. The van der Waals surface area contributed by atoms with Crippen molar-refractivity contribution in [2.45, 2.75) is 19.8 Å². The number of aliphatic imine (C=N–C) groups is 1. The predicted molar refractivity (Wildman–Crippen MR) is 117 cm³/mol. The Hall–Kier alpha value is -3.68. The van der Waals surface area contributed by atoms with Crippen molar-refractivity contribution in [3.8, 4) is 11.6 Å². The van der Waals surface area contributed by atoms with E-state index in [2.05, 4.69) is 67.1 Å². The summed E-state index contributed by atoms with van der Waals surface area (Å²) in [5, 5.41) is 12.0. The number of aromatic amines is 1. The minimum absolute atomic E-state index is 0.433. The van der Waals surface area contributed by atoms with Gasteiger partial charge in [-0.15, -0.1) is 0 Å². The van der Waals surface area contributed by atoms with E-state index in [0.717, 1.165) is 18.9 Å². The van der Waals surface area contributed by atoms with E-state index in [4.69, 9.17) is 4.52 Å². The fraction of sp³-hybridized carbons (Fsp3) is 0.273. The van der Waals surface area contributed by atoms with Crippen molar-refractivity contribution in [2.24, 2.45) is 4.99 Å². The Balaban J connectivity index is 1.25. The summed E-state index contributed by atoms with van der Waals surface area (Å²) in [6.07, 6.45) is 5.32. The Morgan fingerprint density at radius 3 is 2.77 bits per heavy atom. The number of aromatic nitrogens is 4. The molecule has 3 N–H and O–H groups in total. The van der Waals surface area contributed by atoms with E-state index in [1.54, 1.807) is 13.2 Å². The number of guanidine groups is 1. The molecule has 0 aliphatic carbocycles. The fourth-order valence-corrected chi connectivity index (χ4v) is 3.43. The van der Waals surface area contributed by atoms with E-state index in [1.165, 1.54) is 22.0 Å². The van der Waals surface area contributed by atoms with E-state index >= 15 is 0 Å². The van der Waals surface area contributed by atoms with Crippen LogP contribution in [0.25, 0.3) is 22.5 Å². The van der Waals surface area contributed by atoms with Gasteiger partial charge in [-0.3, -0.25) is 9.98 Å². The van der Waals surface area contributed by atoms with Gasteiger partial charge in [-0.2, -0.15) is 4.98 Å². The molecule has 3 aromatic heterocycles. The van der Waals surface area contributed by atoms with Gasteiger partial charge in [0.05, 0.1) is 0 Å². The van der Waals surface area contributed by atoms with Crippen LogP contribution in [0.1, 0.15) is 17.0 Å². The molecular formula is C22H25N7O. The maximum Gasteiger partial charge on any atom is 0.276 e. The summed E-state index contributed by atoms with van der Waals surface area (Å²) in [5.41, 5.74) is 4.45. The highest BCUT2D eigenvalue weighted by molar-refractivity contribution is 5.86. The lowest BCUT2D eigenvalue weighted by Gasteiger charge is -2.11. The van der Waals surface area contributed by atoms with Crippen LogP contribution >= 0.6 is 0 Å². The van der Waals surface area contributed by atoms with Crippen molar-refractivity contribution in [3.63, 3.8) is 0 Å². The van der Waals surface area contributed by atoms with Crippen LogP contribution in [0.2, 0.25) is 0 Å². The second-order valence-electron chi connectivity index (χ2n) is 6.97. The standard InChI is InChI=1S/C22H25N7O/c1-15-6-5-8-17-20(15)16(14-27-17)9-12-25-22(23-2)26-13-10-19-28-21(30-29-19)18-7-3-4-11-24-18/h3-8,11,14,27H,9-10,12-13H2,1-2H3,(H2,23,25,26). The van der Waals surface area contributed by atoms with Gasteiger partial charge in [0.2, 0.25) is 0 Å². The highest BCUT2D eigenvalue weighted by atomic mass is 16.5. The highest BCUT2D eigenvalue weighted by Gasteiger charge is 2.10. The smallest absolute Gasteiger partial charge is 0.276 e. The normalized spacial score (nSPS) is 11.7. The van der Waals surface area contributed by atoms with Crippen LogP contribution in [0.5, 0.6) is 0 Å². The Labute approximate surface area is 174 Å². The predicted octanol–water partition coefficient (Wildman–Crippen LogP) is 2.87. The van der Waals surface area contributed by atoms with E-state index < -0.39 is 0 Å². The molecule has 154 valence electrons. The summed E-state index contributed by atoms with van der Waals surface area (Å²) in [6, 6.07) is 11.9. The molecule has 30 heavy (non-hydrogen) atoms. The number of fused-ring (bicyclic) bond motifs is 1. The summed E-state index contributed by atoms with van der Waals surface area (Å²) in [7, 11) is 1.76. The molecule has 1 aromatic carbocycles. The Bertz CT molecular complexity index is 1130. The maximum absolute atomic E-state index is 5.29. The molecule has 8 heteroatoms. The minimum atomic E-state index is 0.433. The van der Waals surface area contributed by atoms with Crippen LogP contribution in [-0.2, 0) is 12.8 Å². The average Bonchev–Trinajstić information content (AvgIpc) is 3.41. The average molecular weight is 403 g/mol. The van der Waals surface area contributed by atoms with E-state index in [-0.39, 0.29) is 0 Å². The third kappa shape index (κ3) is 4.48.